The molecule has 0 aliphatic carbocycles. The van der Waals surface area contributed by atoms with Crippen LogP contribution in [0.3, 0.4) is 0 Å². The first kappa shape index (κ1) is 34.3. The SMILES string of the molecule is [Ca+2].[Hg+].[I-].[I-].[I-]. The van der Waals surface area contributed by atoms with Crippen molar-refractivity contribution in [2.45, 2.75) is 0 Å². The number of hydrogen-bond acceptors (Lipinski definition) is 0. The van der Waals surface area contributed by atoms with Crippen LogP contribution >= 0.6 is 0 Å². The van der Waals surface area contributed by atoms with Gasteiger partial charge in [-0.2, -0.15) is 0 Å². The molecule has 0 bridgehead atoms. The first-order chi connectivity index (χ1) is 0. The summed E-state index contributed by atoms with van der Waals surface area (Å²) in [6, 6.07) is 0. The molecule has 5 heteroatoms. The zero-order valence-corrected chi connectivity index (χ0v) is 16.7. The van der Waals surface area contributed by atoms with Crippen molar-refractivity contribution in [2.24, 2.45) is 0 Å². The monoisotopic (exact) mass is 623 g/mol. The van der Waals surface area contributed by atoms with Gasteiger partial charge in [-0.1, -0.05) is 0 Å². The smallest absolute Gasteiger partial charge is 1.00 e. The van der Waals surface area contributed by atoms with E-state index >= 15 is 0 Å². The number of halogens is 3. The molecule has 0 aliphatic rings. The van der Waals surface area contributed by atoms with E-state index in [-0.39, 0.29) is 137 Å². The summed E-state index contributed by atoms with van der Waals surface area (Å²) in [5.41, 5.74) is 0. The zero-order valence-electron chi connectivity index (χ0n) is 2.55. The predicted octanol–water partition coefficient (Wildman–Crippen LogP) is -9.37. The Kier molecular flexibility index (Phi) is 163. The van der Waals surface area contributed by atoms with E-state index < -0.39 is 0 Å². The molecule has 0 amide bonds. The maximum absolute atomic E-state index is 0. The minimum Gasteiger partial charge on any atom is -1.00 e. The summed E-state index contributed by atoms with van der Waals surface area (Å²) < 4.78 is 0. The minimum absolute atomic E-state index is 0. The Morgan fingerprint density at radius 2 is 0.600 bits per heavy atom. The van der Waals surface area contributed by atoms with Gasteiger partial charge in [0.2, 0.25) is 0 Å². The molecular formula is CaHgI3. The molecule has 0 aliphatic heterocycles. The Morgan fingerprint density at radius 1 is 0.600 bits per heavy atom. The van der Waals surface area contributed by atoms with Crippen LogP contribution in [0.5, 0.6) is 0 Å². The quantitative estimate of drug-likeness (QED) is 0.187. The summed E-state index contributed by atoms with van der Waals surface area (Å²) in [5.74, 6) is 0. The molecule has 0 aromatic carbocycles. The van der Waals surface area contributed by atoms with Crippen LogP contribution in [-0.4, -0.2) is 37.7 Å². The zero-order chi connectivity index (χ0) is 0. The first-order valence-electron chi connectivity index (χ1n) is 0. The molecule has 5 heavy (non-hydrogen) atoms. The van der Waals surface area contributed by atoms with Crippen LogP contribution in [0.4, 0.5) is 0 Å². The maximum Gasteiger partial charge on any atom is 2.00 e. The van der Waals surface area contributed by atoms with E-state index in [0.717, 1.165) is 0 Å². The normalized spacial score (nSPS) is 0. The second kappa shape index (κ2) is 23.8. The molecule has 0 fully saturated rings. The molecule has 0 N–H and O–H groups in total. The van der Waals surface area contributed by atoms with Crippen molar-refractivity contribution in [1.82, 2.24) is 0 Å². The Labute approximate surface area is 134 Å². The fraction of sp³-hybridized carbons (Fsp3) is 0. The van der Waals surface area contributed by atoms with Gasteiger partial charge in [0.15, 0.2) is 0 Å². The average Bonchev–Trinajstić information content (AvgIpc) is 0. The third-order valence-electron chi connectivity index (χ3n) is 0. The van der Waals surface area contributed by atoms with Gasteiger partial charge in [-0.15, -0.1) is 0 Å². The molecule has 0 saturated heterocycles. The summed E-state index contributed by atoms with van der Waals surface area (Å²) in [5, 5.41) is 0. The maximum atomic E-state index is 0. The van der Waals surface area contributed by atoms with Gasteiger partial charge in [0, 0.05) is 0 Å². The molecule has 1 radical (unpaired) electrons. The Balaban J connectivity index is 0. The molecule has 25 valence electrons. The van der Waals surface area contributed by atoms with Gasteiger partial charge < -0.3 is 71.9 Å². The van der Waals surface area contributed by atoms with E-state index in [4.69, 9.17) is 0 Å². The number of hydrogen-bond donors (Lipinski definition) is 0. The topological polar surface area (TPSA) is 0 Å². The van der Waals surface area contributed by atoms with E-state index in [2.05, 4.69) is 0 Å². The van der Waals surface area contributed by atoms with Crippen LogP contribution < -0.4 is 71.9 Å². The van der Waals surface area contributed by atoms with Gasteiger partial charge in [0.25, 0.3) is 0 Å². The summed E-state index contributed by atoms with van der Waals surface area (Å²) in [4.78, 5) is 0. The standard InChI is InChI=1S/Ca.Hg.3HI/h;;3*1H/q+2;+1;;;/p-3. The molecule has 0 aromatic heterocycles. The molecule has 0 unspecified atom stereocenters. The Morgan fingerprint density at radius 3 is 0.600 bits per heavy atom. The van der Waals surface area contributed by atoms with Gasteiger partial charge in [-0.05, 0) is 0 Å². The van der Waals surface area contributed by atoms with Crippen LogP contribution in [0.25, 0.3) is 0 Å². The summed E-state index contributed by atoms with van der Waals surface area (Å²) >= 11 is 0. The van der Waals surface area contributed by atoms with Crippen LogP contribution in [-0.2, 0) is 27.7 Å². The van der Waals surface area contributed by atoms with Crippen molar-refractivity contribution in [1.29, 1.82) is 0 Å². The van der Waals surface area contributed by atoms with Crippen LogP contribution in [0.1, 0.15) is 0 Å². The molecule has 0 atom stereocenters. The Bertz CT molecular complexity index is 6.85. The molecular weight excluding hydrogens is 621 g/mol. The number of rotatable bonds is 0. The van der Waals surface area contributed by atoms with E-state index in [1.807, 2.05) is 0 Å². The van der Waals surface area contributed by atoms with Crippen molar-refractivity contribution in [3.8, 4) is 0 Å². The average molecular weight is 621 g/mol. The summed E-state index contributed by atoms with van der Waals surface area (Å²) in [6.07, 6.45) is 0. The van der Waals surface area contributed by atoms with Crippen molar-refractivity contribution < 1.29 is 99.6 Å². The van der Waals surface area contributed by atoms with E-state index in [1.54, 1.807) is 0 Å². The molecule has 0 aromatic rings. The largest absolute Gasteiger partial charge is 2.00 e. The second-order valence-electron chi connectivity index (χ2n) is 0. The van der Waals surface area contributed by atoms with Crippen molar-refractivity contribution in [3.05, 3.63) is 0 Å². The van der Waals surface area contributed by atoms with Gasteiger partial charge in [0.05, 0.1) is 0 Å². The third kappa shape index (κ3) is 17.8. The van der Waals surface area contributed by atoms with Gasteiger partial charge >= 0.3 is 65.4 Å². The molecule has 0 heterocycles. The van der Waals surface area contributed by atoms with Gasteiger partial charge in [-0.3, -0.25) is 0 Å². The second-order valence-corrected chi connectivity index (χ2v) is 0. The van der Waals surface area contributed by atoms with Gasteiger partial charge in [-0.25, -0.2) is 0 Å². The minimum atomic E-state index is 0. The van der Waals surface area contributed by atoms with Crippen LogP contribution in [0.15, 0.2) is 0 Å². The molecule has 0 rings (SSSR count). The fourth-order valence-corrected chi connectivity index (χ4v) is 0. The first-order valence-corrected chi connectivity index (χ1v) is 0. The third-order valence-corrected chi connectivity index (χ3v) is 0. The predicted molar refractivity (Wildman–Crippen MR) is 5.75 cm³/mol. The van der Waals surface area contributed by atoms with Crippen molar-refractivity contribution in [2.75, 3.05) is 0 Å². The fourth-order valence-electron chi connectivity index (χ4n) is 0. The van der Waals surface area contributed by atoms with E-state index in [0.29, 0.717) is 0 Å². The molecule has 0 saturated carbocycles. The Hall–Kier alpha value is 4.38. The van der Waals surface area contributed by atoms with Crippen LogP contribution in [0.2, 0.25) is 0 Å². The molecule has 0 spiro atoms. The van der Waals surface area contributed by atoms with Gasteiger partial charge in [0.1, 0.15) is 0 Å². The summed E-state index contributed by atoms with van der Waals surface area (Å²) in [6.45, 7) is 0. The summed E-state index contributed by atoms with van der Waals surface area (Å²) in [7, 11) is 0. The van der Waals surface area contributed by atoms with E-state index in [1.165, 1.54) is 0 Å². The molecule has 0 nitrogen and oxygen atoms in total. The van der Waals surface area contributed by atoms with Crippen molar-refractivity contribution >= 4 is 37.7 Å². The van der Waals surface area contributed by atoms with E-state index in [9.17, 15) is 0 Å². The van der Waals surface area contributed by atoms with Crippen molar-refractivity contribution in [3.63, 3.8) is 0 Å². The van der Waals surface area contributed by atoms with Crippen LogP contribution in [0, 0.1) is 0 Å².